The van der Waals surface area contributed by atoms with Crippen LogP contribution in [0.25, 0.3) is 0 Å². The number of alkyl carbamates (subject to hydrolysis) is 2. The number of hydrogen-bond acceptors (Lipinski definition) is 9. The Kier molecular flexibility index (Phi) is 11.0. The van der Waals surface area contributed by atoms with E-state index in [0.29, 0.717) is 0 Å². The largest absolute Gasteiger partial charge is 0.445 e. The molecule has 3 N–H and O–H groups in total. The molecule has 4 fully saturated rings. The molecule has 0 bridgehead atoms. The van der Waals surface area contributed by atoms with Gasteiger partial charge in [-0.15, -0.1) is 0 Å². The Morgan fingerprint density at radius 3 is 2.13 bits per heavy atom. The number of fused-ring (bicyclic) bond motifs is 1. The Morgan fingerprint density at radius 2 is 1.47 bits per heavy atom. The molecule has 5 unspecified atom stereocenters. The summed E-state index contributed by atoms with van der Waals surface area (Å²) in [4.78, 5) is 25.5. The van der Waals surface area contributed by atoms with Crippen molar-refractivity contribution in [2.24, 2.45) is 11.8 Å². The molecule has 2 amide bonds. The van der Waals surface area contributed by atoms with E-state index in [9.17, 15) is 14.7 Å². The van der Waals surface area contributed by atoms with Crippen molar-refractivity contribution in [3.8, 4) is 0 Å². The molecule has 2 aromatic rings. The van der Waals surface area contributed by atoms with Gasteiger partial charge in [-0.05, 0) is 36.8 Å². The summed E-state index contributed by atoms with van der Waals surface area (Å²) < 4.78 is 37.4. The van der Waals surface area contributed by atoms with Crippen molar-refractivity contribution in [2.75, 3.05) is 6.54 Å². The third kappa shape index (κ3) is 8.26. The maximum atomic E-state index is 13.1. The Balaban J connectivity index is 1.13. The second-order valence-electron chi connectivity index (χ2n) is 13.4. The van der Waals surface area contributed by atoms with Gasteiger partial charge in [0.05, 0.1) is 24.4 Å². The van der Waals surface area contributed by atoms with Crippen molar-refractivity contribution in [3.63, 3.8) is 0 Å². The van der Waals surface area contributed by atoms with Gasteiger partial charge in [-0.2, -0.15) is 0 Å². The SMILES string of the molecule is CC1CCC(CNC(=O)OCc2ccccc2)O[C@@H]1OC1C2OC3(CCCCC3)O[C@H]2[C@H](C)C(O)[C@@H]1NC(=O)OCc1ccccc1. The minimum atomic E-state index is -0.983. The van der Waals surface area contributed by atoms with E-state index in [2.05, 4.69) is 10.6 Å². The molecule has 4 aliphatic rings. The van der Waals surface area contributed by atoms with Gasteiger partial charge >= 0.3 is 12.2 Å². The summed E-state index contributed by atoms with van der Waals surface area (Å²) in [7, 11) is 0. The molecule has 6 rings (SSSR count). The molecular formula is C36H48N2O9. The Labute approximate surface area is 276 Å². The lowest BCUT2D eigenvalue weighted by Gasteiger charge is -2.46. The lowest BCUT2D eigenvalue weighted by Crippen LogP contribution is -2.66. The zero-order valence-corrected chi connectivity index (χ0v) is 27.3. The van der Waals surface area contributed by atoms with Crippen LogP contribution in [0.5, 0.6) is 0 Å². The van der Waals surface area contributed by atoms with Crippen molar-refractivity contribution in [3.05, 3.63) is 71.8 Å². The maximum Gasteiger partial charge on any atom is 0.407 e. The van der Waals surface area contributed by atoms with Crippen molar-refractivity contribution >= 4 is 12.2 Å². The highest BCUT2D eigenvalue weighted by atomic mass is 16.8. The van der Waals surface area contributed by atoms with Crippen LogP contribution in [0.2, 0.25) is 0 Å². The van der Waals surface area contributed by atoms with E-state index < -0.39 is 54.7 Å². The van der Waals surface area contributed by atoms with Gasteiger partial charge in [0.25, 0.3) is 0 Å². The summed E-state index contributed by atoms with van der Waals surface area (Å²) in [6.45, 7) is 4.50. The zero-order chi connectivity index (χ0) is 32.8. The number of nitrogens with one attached hydrogen (secondary N) is 2. The Hall–Kier alpha value is -3.22. The molecule has 2 aromatic carbocycles. The number of aliphatic hydroxyl groups is 1. The number of carbonyl (C=O) groups excluding carboxylic acids is 2. The van der Waals surface area contributed by atoms with E-state index in [4.69, 9.17) is 28.4 Å². The fraction of sp³-hybridized carbons (Fsp3) is 0.611. The maximum absolute atomic E-state index is 13.1. The van der Waals surface area contributed by atoms with Crippen LogP contribution in [0.15, 0.2) is 60.7 Å². The van der Waals surface area contributed by atoms with Gasteiger partial charge < -0.3 is 44.2 Å². The molecular weight excluding hydrogens is 604 g/mol. The number of ether oxygens (including phenoxy) is 6. The third-order valence-electron chi connectivity index (χ3n) is 9.95. The molecule has 0 aromatic heterocycles. The number of rotatable bonds is 9. The van der Waals surface area contributed by atoms with Crippen molar-refractivity contribution in [1.29, 1.82) is 0 Å². The monoisotopic (exact) mass is 652 g/mol. The van der Waals surface area contributed by atoms with Gasteiger partial charge in [0.1, 0.15) is 25.4 Å². The van der Waals surface area contributed by atoms with Crippen molar-refractivity contribution < 1.29 is 43.1 Å². The fourth-order valence-electron chi connectivity index (χ4n) is 7.21. The van der Waals surface area contributed by atoms with Crippen LogP contribution in [0.1, 0.15) is 69.9 Å². The predicted octanol–water partition coefficient (Wildman–Crippen LogP) is 5.19. The number of amides is 2. The normalized spacial score (nSPS) is 33.0. The molecule has 2 saturated carbocycles. The lowest BCUT2D eigenvalue weighted by molar-refractivity contribution is -0.271. The van der Waals surface area contributed by atoms with Gasteiger partial charge in [-0.3, -0.25) is 0 Å². The third-order valence-corrected chi connectivity index (χ3v) is 9.95. The van der Waals surface area contributed by atoms with E-state index in [0.717, 1.165) is 56.1 Å². The van der Waals surface area contributed by atoms with Crippen LogP contribution in [0.4, 0.5) is 9.59 Å². The second kappa shape index (κ2) is 15.3. The highest BCUT2D eigenvalue weighted by Gasteiger charge is 2.60. The predicted molar refractivity (Wildman–Crippen MR) is 171 cm³/mol. The van der Waals surface area contributed by atoms with E-state index in [1.165, 1.54) is 0 Å². The molecule has 47 heavy (non-hydrogen) atoms. The average molecular weight is 653 g/mol. The fourth-order valence-corrected chi connectivity index (χ4v) is 7.21. The minimum Gasteiger partial charge on any atom is -0.445 e. The van der Waals surface area contributed by atoms with Crippen LogP contribution >= 0.6 is 0 Å². The summed E-state index contributed by atoms with van der Waals surface area (Å²) in [5.74, 6) is -1.04. The number of carbonyl (C=O) groups is 2. The van der Waals surface area contributed by atoms with Crippen LogP contribution in [-0.2, 0) is 41.6 Å². The molecule has 11 nitrogen and oxygen atoms in total. The second-order valence-corrected chi connectivity index (χ2v) is 13.4. The molecule has 2 aliphatic carbocycles. The first-order chi connectivity index (χ1) is 22.8. The quantitative estimate of drug-likeness (QED) is 0.335. The van der Waals surface area contributed by atoms with E-state index in [1.807, 2.05) is 74.5 Å². The molecule has 0 radical (unpaired) electrons. The topological polar surface area (TPSA) is 134 Å². The minimum absolute atomic E-state index is 0.0165. The molecule has 2 aliphatic heterocycles. The van der Waals surface area contributed by atoms with Gasteiger partial charge in [-0.25, -0.2) is 9.59 Å². The van der Waals surface area contributed by atoms with Gasteiger partial charge in [-0.1, -0.05) is 80.9 Å². The van der Waals surface area contributed by atoms with Crippen LogP contribution in [0, 0.1) is 11.8 Å². The smallest absolute Gasteiger partial charge is 0.407 e. The summed E-state index contributed by atoms with van der Waals surface area (Å²) in [5.41, 5.74) is 1.76. The lowest BCUT2D eigenvalue weighted by atomic mass is 9.78. The van der Waals surface area contributed by atoms with Gasteiger partial charge in [0, 0.05) is 31.2 Å². The molecule has 9 atom stereocenters. The standard InChI is InChI=1S/C36H48N2O9/c1-23-16-17-27(20-37-34(40)42-21-25-12-6-3-7-13-25)44-33(23)45-31-28(38-35(41)43-22-26-14-8-4-9-15-26)29(39)24(2)30-32(31)47-36(46-30)18-10-5-11-19-36/h3-4,6-9,12-15,23-24,27-33,39H,5,10-11,16-22H2,1-2H3,(H,37,40)(H,38,41)/t23?,24-,27?,28+,29?,30+,31?,32?,33-/m1/s1. The van der Waals surface area contributed by atoms with E-state index >= 15 is 0 Å². The first-order valence-electron chi connectivity index (χ1n) is 17.1. The first kappa shape index (κ1) is 33.7. The summed E-state index contributed by atoms with van der Waals surface area (Å²) in [6, 6.07) is 18.1. The number of benzene rings is 2. The molecule has 11 heteroatoms. The highest BCUT2D eigenvalue weighted by Crippen LogP contribution is 2.47. The van der Waals surface area contributed by atoms with Crippen LogP contribution in [0.3, 0.4) is 0 Å². The molecule has 2 saturated heterocycles. The van der Waals surface area contributed by atoms with E-state index in [-0.39, 0.29) is 37.7 Å². The Morgan fingerprint density at radius 1 is 0.851 bits per heavy atom. The summed E-state index contributed by atoms with van der Waals surface area (Å²) in [5, 5.41) is 17.3. The number of hydrogen-bond donors (Lipinski definition) is 3. The molecule has 2 heterocycles. The van der Waals surface area contributed by atoms with Crippen LogP contribution in [-0.4, -0.2) is 72.5 Å². The highest BCUT2D eigenvalue weighted by molar-refractivity contribution is 5.68. The van der Waals surface area contributed by atoms with Crippen LogP contribution < -0.4 is 10.6 Å². The van der Waals surface area contributed by atoms with Gasteiger partial charge in [0.2, 0.25) is 0 Å². The van der Waals surface area contributed by atoms with Crippen molar-refractivity contribution in [2.45, 2.75) is 121 Å². The summed E-state index contributed by atoms with van der Waals surface area (Å²) >= 11 is 0. The molecule has 256 valence electrons. The van der Waals surface area contributed by atoms with Gasteiger partial charge in [0.15, 0.2) is 12.1 Å². The average Bonchev–Trinajstić information content (AvgIpc) is 3.46. The van der Waals surface area contributed by atoms with Crippen molar-refractivity contribution in [1.82, 2.24) is 10.6 Å². The Bertz CT molecular complexity index is 1310. The molecule has 1 spiro atoms. The summed E-state index contributed by atoms with van der Waals surface area (Å²) in [6.07, 6.45) is 1.35. The van der Waals surface area contributed by atoms with E-state index in [1.54, 1.807) is 0 Å². The zero-order valence-electron chi connectivity index (χ0n) is 27.3. The number of aliphatic hydroxyl groups excluding tert-OH is 1. The first-order valence-corrected chi connectivity index (χ1v) is 17.1.